The molecule has 0 bridgehead atoms. The minimum absolute atomic E-state index is 0.0540. The third kappa shape index (κ3) is 3.39. The molecule has 2 rings (SSSR count). The van der Waals surface area contributed by atoms with Gasteiger partial charge in [-0.2, -0.15) is 5.26 Å². The molecule has 1 aromatic heterocycles. The van der Waals surface area contributed by atoms with Gasteiger partial charge in [-0.15, -0.1) is 0 Å². The molecule has 7 heteroatoms. The summed E-state index contributed by atoms with van der Waals surface area (Å²) in [4.78, 5) is 24.8. The van der Waals surface area contributed by atoms with Crippen molar-refractivity contribution in [1.82, 2.24) is 4.98 Å². The fourth-order valence-electron chi connectivity index (χ4n) is 1.66. The summed E-state index contributed by atoms with van der Waals surface area (Å²) in [6.07, 6.45) is 1.99. The van der Waals surface area contributed by atoms with Crippen molar-refractivity contribution >= 4 is 12.0 Å². The van der Waals surface area contributed by atoms with Crippen LogP contribution in [0.3, 0.4) is 0 Å². The van der Waals surface area contributed by atoms with Gasteiger partial charge in [0.05, 0.1) is 4.92 Å². The average Bonchev–Trinajstić information content (AvgIpc) is 2.52. The summed E-state index contributed by atoms with van der Waals surface area (Å²) < 4.78 is 5.39. The SMILES string of the molecule is N#Cc1cc(COc2ccc(C=O)cc2[N+](=O)[O-])ccn1. The highest BCUT2D eigenvalue weighted by atomic mass is 16.6. The first-order valence-electron chi connectivity index (χ1n) is 5.85. The Balaban J connectivity index is 2.21. The number of hydrogen-bond acceptors (Lipinski definition) is 6. The maximum absolute atomic E-state index is 11.0. The maximum atomic E-state index is 11.0. The Morgan fingerprint density at radius 2 is 2.19 bits per heavy atom. The number of ether oxygens (including phenoxy) is 1. The fraction of sp³-hybridized carbons (Fsp3) is 0.0714. The van der Waals surface area contributed by atoms with Crippen LogP contribution in [0.2, 0.25) is 0 Å². The van der Waals surface area contributed by atoms with Gasteiger partial charge in [0.15, 0.2) is 5.75 Å². The molecule has 0 saturated heterocycles. The molecule has 0 unspecified atom stereocenters. The van der Waals surface area contributed by atoms with Gasteiger partial charge < -0.3 is 4.74 Å². The van der Waals surface area contributed by atoms with E-state index in [1.165, 1.54) is 24.4 Å². The molecule has 0 atom stereocenters. The van der Waals surface area contributed by atoms with Crippen LogP contribution in [0.15, 0.2) is 36.5 Å². The Morgan fingerprint density at radius 1 is 1.38 bits per heavy atom. The van der Waals surface area contributed by atoms with Crippen LogP contribution >= 0.6 is 0 Å². The van der Waals surface area contributed by atoms with Crippen LogP contribution in [0.5, 0.6) is 5.75 Å². The number of nitriles is 1. The zero-order valence-corrected chi connectivity index (χ0v) is 10.7. The van der Waals surface area contributed by atoms with Crippen molar-refractivity contribution in [2.75, 3.05) is 0 Å². The topological polar surface area (TPSA) is 106 Å². The van der Waals surface area contributed by atoms with Gasteiger partial charge in [0.25, 0.3) is 0 Å². The van der Waals surface area contributed by atoms with Crippen molar-refractivity contribution in [3.8, 4) is 11.8 Å². The molecule has 0 fully saturated rings. The molecule has 0 saturated carbocycles. The van der Waals surface area contributed by atoms with Crippen LogP contribution in [0.25, 0.3) is 0 Å². The third-order valence-electron chi connectivity index (χ3n) is 2.65. The number of aldehydes is 1. The monoisotopic (exact) mass is 283 g/mol. The number of nitrogens with zero attached hydrogens (tertiary/aromatic N) is 3. The van der Waals surface area contributed by atoms with E-state index in [1.807, 2.05) is 6.07 Å². The van der Waals surface area contributed by atoms with Crippen molar-refractivity contribution < 1.29 is 14.5 Å². The maximum Gasteiger partial charge on any atom is 0.311 e. The predicted octanol–water partition coefficient (Wildman–Crippen LogP) is 2.25. The second kappa shape index (κ2) is 6.25. The molecule has 0 amide bonds. The Labute approximate surface area is 119 Å². The van der Waals surface area contributed by atoms with Crippen molar-refractivity contribution in [1.29, 1.82) is 5.26 Å². The number of nitro benzene ring substituents is 1. The molecule has 0 aliphatic heterocycles. The van der Waals surface area contributed by atoms with E-state index >= 15 is 0 Å². The Kier molecular flexibility index (Phi) is 4.21. The Morgan fingerprint density at radius 3 is 2.86 bits per heavy atom. The van der Waals surface area contributed by atoms with Crippen molar-refractivity contribution in [2.45, 2.75) is 6.61 Å². The van der Waals surface area contributed by atoms with E-state index < -0.39 is 4.92 Å². The lowest BCUT2D eigenvalue weighted by molar-refractivity contribution is -0.386. The van der Waals surface area contributed by atoms with E-state index in [0.717, 1.165) is 6.07 Å². The standard InChI is InChI=1S/C14H9N3O4/c15-7-12-5-11(3-4-16-12)9-21-14-2-1-10(8-18)6-13(14)17(19)20/h1-6,8H,9H2. The van der Waals surface area contributed by atoms with E-state index in [-0.39, 0.29) is 29.3 Å². The molecule has 0 N–H and O–H groups in total. The smallest absolute Gasteiger partial charge is 0.311 e. The number of pyridine rings is 1. The highest BCUT2D eigenvalue weighted by Crippen LogP contribution is 2.28. The summed E-state index contributed by atoms with van der Waals surface area (Å²) in [5, 5.41) is 19.7. The molecule has 0 aliphatic carbocycles. The summed E-state index contributed by atoms with van der Waals surface area (Å²) in [6, 6.07) is 9.03. The van der Waals surface area contributed by atoms with Gasteiger partial charge in [-0.1, -0.05) is 0 Å². The molecular weight excluding hydrogens is 274 g/mol. The summed E-state index contributed by atoms with van der Waals surface area (Å²) in [6.45, 7) is 0.0540. The zero-order chi connectivity index (χ0) is 15.2. The van der Waals surface area contributed by atoms with E-state index in [1.54, 1.807) is 6.07 Å². The van der Waals surface area contributed by atoms with Gasteiger partial charge in [0.2, 0.25) is 0 Å². The molecule has 0 spiro atoms. The second-order valence-corrected chi connectivity index (χ2v) is 4.05. The van der Waals surface area contributed by atoms with Crippen LogP contribution in [-0.4, -0.2) is 16.2 Å². The largest absolute Gasteiger partial charge is 0.482 e. The first kappa shape index (κ1) is 14.1. The molecular formula is C14H9N3O4. The quantitative estimate of drug-likeness (QED) is 0.473. The van der Waals surface area contributed by atoms with Gasteiger partial charge >= 0.3 is 5.69 Å². The summed E-state index contributed by atoms with van der Waals surface area (Å²) >= 11 is 0. The summed E-state index contributed by atoms with van der Waals surface area (Å²) in [5.74, 6) is 0.0564. The van der Waals surface area contributed by atoms with Crippen LogP contribution in [0.4, 0.5) is 5.69 Å². The van der Waals surface area contributed by atoms with E-state index in [0.29, 0.717) is 11.8 Å². The minimum Gasteiger partial charge on any atom is -0.482 e. The lowest BCUT2D eigenvalue weighted by Gasteiger charge is -2.07. The van der Waals surface area contributed by atoms with E-state index in [9.17, 15) is 14.9 Å². The molecule has 2 aromatic rings. The zero-order valence-electron chi connectivity index (χ0n) is 10.7. The van der Waals surface area contributed by atoms with Gasteiger partial charge in [-0.25, -0.2) is 4.98 Å². The predicted molar refractivity (Wildman–Crippen MR) is 71.8 cm³/mol. The van der Waals surface area contributed by atoms with Gasteiger partial charge in [0.1, 0.15) is 24.7 Å². The summed E-state index contributed by atoms with van der Waals surface area (Å²) in [5.41, 5.74) is 0.816. The first-order chi connectivity index (χ1) is 10.1. The molecule has 0 aliphatic rings. The second-order valence-electron chi connectivity index (χ2n) is 4.05. The highest BCUT2D eigenvalue weighted by Gasteiger charge is 2.16. The highest BCUT2D eigenvalue weighted by molar-refractivity contribution is 5.77. The number of nitro groups is 1. The molecule has 7 nitrogen and oxygen atoms in total. The number of carbonyl (C=O) groups excluding carboxylic acids is 1. The van der Waals surface area contributed by atoms with Gasteiger partial charge in [-0.3, -0.25) is 14.9 Å². The van der Waals surface area contributed by atoms with E-state index in [4.69, 9.17) is 10.00 Å². The van der Waals surface area contributed by atoms with Crippen molar-refractivity contribution in [3.05, 3.63) is 63.5 Å². The fourth-order valence-corrected chi connectivity index (χ4v) is 1.66. The Bertz CT molecular complexity index is 737. The van der Waals surface area contributed by atoms with Crippen molar-refractivity contribution in [2.24, 2.45) is 0 Å². The summed E-state index contributed by atoms with van der Waals surface area (Å²) in [7, 11) is 0. The average molecular weight is 283 g/mol. The van der Waals surface area contributed by atoms with Crippen LogP contribution in [0, 0.1) is 21.4 Å². The molecule has 1 aromatic carbocycles. The van der Waals surface area contributed by atoms with Crippen LogP contribution in [0.1, 0.15) is 21.6 Å². The number of rotatable bonds is 5. The number of benzene rings is 1. The van der Waals surface area contributed by atoms with Crippen molar-refractivity contribution in [3.63, 3.8) is 0 Å². The number of aromatic nitrogens is 1. The normalized spacial score (nSPS) is 9.67. The van der Waals surface area contributed by atoms with Gasteiger partial charge in [0, 0.05) is 17.8 Å². The molecule has 0 radical (unpaired) electrons. The molecule has 21 heavy (non-hydrogen) atoms. The van der Waals surface area contributed by atoms with E-state index in [2.05, 4.69) is 4.98 Å². The minimum atomic E-state index is -0.615. The first-order valence-corrected chi connectivity index (χ1v) is 5.85. The lowest BCUT2D eigenvalue weighted by atomic mass is 10.2. The Hall–Kier alpha value is -3.27. The number of carbonyl (C=O) groups is 1. The van der Waals surface area contributed by atoms with Gasteiger partial charge in [-0.05, 0) is 29.8 Å². The third-order valence-corrected chi connectivity index (χ3v) is 2.65. The van der Waals surface area contributed by atoms with Crippen LogP contribution < -0.4 is 4.74 Å². The lowest BCUT2D eigenvalue weighted by Crippen LogP contribution is -2.00. The number of hydrogen-bond donors (Lipinski definition) is 0. The molecule has 104 valence electrons. The van der Waals surface area contributed by atoms with Crippen LogP contribution in [-0.2, 0) is 6.61 Å². The molecule has 1 heterocycles.